The number of carbonyl (C=O) groups excluding carboxylic acids is 1. The van der Waals surface area contributed by atoms with E-state index in [2.05, 4.69) is 24.4 Å². The average molecular weight is 204 g/mol. The largest absolute Gasteiger partial charge is 0.327 e. The fourth-order valence-electron chi connectivity index (χ4n) is 2.14. The van der Waals surface area contributed by atoms with Gasteiger partial charge < -0.3 is 10.2 Å². The molecule has 1 saturated heterocycles. The number of rotatable bonds is 2. The van der Waals surface area contributed by atoms with Gasteiger partial charge in [0.1, 0.15) is 0 Å². The Kier molecular flexibility index (Phi) is 2.39. The minimum absolute atomic E-state index is 0.0145. The van der Waals surface area contributed by atoms with E-state index in [1.54, 1.807) is 4.90 Å². The second-order valence-electron chi connectivity index (χ2n) is 4.09. The molecular formula is C12H16N2O. The molecule has 3 heteroatoms. The average Bonchev–Trinajstić information content (AvgIpc) is 2.57. The summed E-state index contributed by atoms with van der Waals surface area (Å²) < 4.78 is 0. The molecule has 2 amide bonds. The quantitative estimate of drug-likeness (QED) is 0.784. The molecule has 0 aliphatic carbocycles. The molecule has 15 heavy (non-hydrogen) atoms. The zero-order valence-electron chi connectivity index (χ0n) is 9.16. The molecule has 0 spiro atoms. The number of carbonyl (C=O) groups is 1. The van der Waals surface area contributed by atoms with Gasteiger partial charge in [0.15, 0.2) is 0 Å². The third kappa shape index (κ3) is 1.58. The third-order valence-electron chi connectivity index (χ3n) is 3.13. The molecule has 1 unspecified atom stereocenters. The van der Waals surface area contributed by atoms with Crippen LogP contribution in [0, 0.1) is 0 Å². The first-order valence-electron chi connectivity index (χ1n) is 5.27. The predicted octanol–water partition coefficient (Wildman–Crippen LogP) is 1.95. The maximum Gasteiger partial charge on any atom is 0.317 e. The van der Waals surface area contributed by atoms with Crippen molar-refractivity contribution in [2.45, 2.75) is 18.9 Å². The molecule has 0 bridgehead atoms. The van der Waals surface area contributed by atoms with Gasteiger partial charge in [-0.2, -0.15) is 0 Å². The summed E-state index contributed by atoms with van der Waals surface area (Å²) in [5.74, 6) is 0. The zero-order chi connectivity index (χ0) is 10.9. The van der Waals surface area contributed by atoms with Crippen molar-refractivity contribution in [2.24, 2.45) is 0 Å². The molecule has 1 atom stereocenters. The summed E-state index contributed by atoms with van der Waals surface area (Å²) in [4.78, 5) is 13.3. The highest BCUT2D eigenvalue weighted by Crippen LogP contribution is 2.29. The second-order valence-corrected chi connectivity index (χ2v) is 4.09. The highest BCUT2D eigenvalue weighted by molar-refractivity contribution is 5.78. The van der Waals surface area contributed by atoms with Crippen LogP contribution in [-0.2, 0) is 5.54 Å². The Labute approximate surface area is 90.1 Å². The van der Waals surface area contributed by atoms with Crippen molar-refractivity contribution < 1.29 is 4.79 Å². The molecule has 1 aromatic rings. The molecule has 1 aliphatic heterocycles. The van der Waals surface area contributed by atoms with Gasteiger partial charge in [0.25, 0.3) is 0 Å². The Morgan fingerprint density at radius 3 is 2.53 bits per heavy atom. The first kappa shape index (κ1) is 10.0. The topological polar surface area (TPSA) is 32.3 Å². The van der Waals surface area contributed by atoms with Crippen LogP contribution >= 0.6 is 0 Å². The van der Waals surface area contributed by atoms with Gasteiger partial charge >= 0.3 is 6.03 Å². The molecule has 1 N–H and O–H groups in total. The maximum absolute atomic E-state index is 11.5. The van der Waals surface area contributed by atoms with E-state index in [1.165, 1.54) is 5.56 Å². The molecule has 0 aromatic heterocycles. The molecular weight excluding hydrogens is 188 g/mol. The molecule has 1 fully saturated rings. The normalized spacial score (nSPS) is 25.5. The van der Waals surface area contributed by atoms with Crippen molar-refractivity contribution in [3.05, 3.63) is 35.9 Å². The molecule has 1 heterocycles. The van der Waals surface area contributed by atoms with E-state index in [1.807, 2.05) is 25.2 Å². The third-order valence-corrected chi connectivity index (χ3v) is 3.13. The van der Waals surface area contributed by atoms with Gasteiger partial charge in [-0.1, -0.05) is 37.3 Å². The summed E-state index contributed by atoms with van der Waals surface area (Å²) in [6.07, 6.45) is 0.910. The summed E-state index contributed by atoms with van der Waals surface area (Å²) in [5, 5.41) is 3.07. The fraction of sp³-hybridized carbons (Fsp3) is 0.417. The van der Waals surface area contributed by atoms with E-state index in [0.29, 0.717) is 0 Å². The summed E-state index contributed by atoms with van der Waals surface area (Å²) in [5.41, 5.74) is 0.984. The lowest BCUT2D eigenvalue weighted by Gasteiger charge is -2.27. The van der Waals surface area contributed by atoms with E-state index in [-0.39, 0.29) is 11.6 Å². The van der Waals surface area contributed by atoms with Crippen molar-refractivity contribution in [3.8, 4) is 0 Å². The Balaban J connectivity index is 2.36. The second kappa shape index (κ2) is 3.57. The molecule has 2 rings (SSSR count). The molecule has 80 valence electrons. The van der Waals surface area contributed by atoms with Crippen molar-refractivity contribution in [1.29, 1.82) is 0 Å². The van der Waals surface area contributed by atoms with E-state index >= 15 is 0 Å². The van der Waals surface area contributed by atoms with Crippen LogP contribution in [0.25, 0.3) is 0 Å². The number of likely N-dealkylation sites (N-methyl/N-ethyl adjacent to an activating group) is 1. The standard InChI is InChI=1S/C12H16N2O/c1-3-12(9-14(2)11(15)13-12)10-7-5-4-6-8-10/h4-8H,3,9H2,1-2H3,(H,13,15). The van der Waals surface area contributed by atoms with E-state index < -0.39 is 0 Å². The van der Waals surface area contributed by atoms with Crippen LogP contribution in [0.4, 0.5) is 4.79 Å². The molecule has 1 aromatic carbocycles. The van der Waals surface area contributed by atoms with E-state index in [9.17, 15) is 4.79 Å². The van der Waals surface area contributed by atoms with Crippen LogP contribution < -0.4 is 5.32 Å². The van der Waals surface area contributed by atoms with Gasteiger partial charge in [0.2, 0.25) is 0 Å². The Bertz CT molecular complexity index is 363. The number of nitrogens with one attached hydrogen (secondary N) is 1. The van der Waals surface area contributed by atoms with Crippen molar-refractivity contribution >= 4 is 6.03 Å². The summed E-state index contributed by atoms with van der Waals surface area (Å²) in [7, 11) is 1.83. The fourth-order valence-corrected chi connectivity index (χ4v) is 2.14. The number of urea groups is 1. The van der Waals surface area contributed by atoms with Crippen molar-refractivity contribution in [2.75, 3.05) is 13.6 Å². The highest BCUT2D eigenvalue weighted by atomic mass is 16.2. The van der Waals surface area contributed by atoms with Gasteiger partial charge in [-0.3, -0.25) is 0 Å². The van der Waals surface area contributed by atoms with Crippen LogP contribution in [-0.4, -0.2) is 24.5 Å². The van der Waals surface area contributed by atoms with Crippen LogP contribution in [0.1, 0.15) is 18.9 Å². The van der Waals surface area contributed by atoms with Crippen LogP contribution in [0.15, 0.2) is 30.3 Å². The van der Waals surface area contributed by atoms with E-state index in [4.69, 9.17) is 0 Å². The first-order chi connectivity index (χ1) is 7.18. The zero-order valence-corrected chi connectivity index (χ0v) is 9.16. The number of hydrogen-bond donors (Lipinski definition) is 1. The number of benzene rings is 1. The summed E-state index contributed by atoms with van der Waals surface area (Å²) in [6, 6.07) is 10.2. The monoisotopic (exact) mass is 204 g/mol. The Morgan fingerprint density at radius 1 is 1.40 bits per heavy atom. The van der Waals surface area contributed by atoms with Gasteiger partial charge in [-0.05, 0) is 12.0 Å². The van der Waals surface area contributed by atoms with Gasteiger partial charge in [0.05, 0.1) is 5.54 Å². The molecule has 1 aliphatic rings. The highest BCUT2D eigenvalue weighted by Gasteiger charge is 2.40. The lowest BCUT2D eigenvalue weighted by Crippen LogP contribution is -2.39. The number of hydrogen-bond acceptors (Lipinski definition) is 1. The molecule has 0 radical (unpaired) electrons. The SMILES string of the molecule is CCC1(c2ccccc2)CN(C)C(=O)N1. The Hall–Kier alpha value is -1.51. The Morgan fingerprint density at radius 2 is 2.07 bits per heavy atom. The van der Waals surface area contributed by atoms with Crippen LogP contribution in [0.3, 0.4) is 0 Å². The maximum atomic E-state index is 11.5. The smallest absolute Gasteiger partial charge is 0.317 e. The minimum atomic E-state index is -0.201. The summed E-state index contributed by atoms with van der Waals surface area (Å²) in [6.45, 7) is 2.85. The lowest BCUT2D eigenvalue weighted by atomic mass is 9.88. The number of amides is 2. The van der Waals surface area contributed by atoms with Crippen LogP contribution in [0.2, 0.25) is 0 Å². The van der Waals surface area contributed by atoms with Crippen LogP contribution in [0.5, 0.6) is 0 Å². The summed E-state index contributed by atoms with van der Waals surface area (Å²) >= 11 is 0. The number of nitrogens with zero attached hydrogens (tertiary/aromatic N) is 1. The molecule has 3 nitrogen and oxygen atoms in total. The van der Waals surface area contributed by atoms with Gasteiger partial charge in [-0.15, -0.1) is 0 Å². The lowest BCUT2D eigenvalue weighted by molar-refractivity contribution is 0.226. The first-order valence-corrected chi connectivity index (χ1v) is 5.27. The van der Waals surface area contributed by atoms with Gasteiger partial charge in [0, 0.05) is 13.6 Å². The van der Waals surface area contributed by atoms with Crippen molar-refractivity contribution in [3.63, 3.8) is 0 Å². The van der Waals surface area contributed by atoms with Gasteiger partial charge in [-0.25, -0.2) is 4.79 Å². The van der Waals surface area contributed by atoms with E-state index in [0.717, 1.165) is 13.0 Å². The van der Waals surface area contributed by atoms with Crippen molar-refractivity contribution in [1.82, 2.24) is 10.2 Å². The molecule has 0 saturated carbocycles. The minimum Gasteiger partial charge on any atom is -0.327 e. The predicted molar refractivity (Wildman–Crippen MR) is 59.6 cm³/mol.